The van der Waals surface area contributed by atoms with Gasteiger partial charge < -0.3 is 0 Å². The van der Waals surface area contributed by atoms with Gasteiger partial charge in [-0.3, -0.25) is 0 Å². The van der Waals surface area contributed by atoms with Gasteiger partial charge in [0, 0.05) is 0 Å². The van der Waals surface area contributed by atoms with Crippen LogP contribution in [-0.2, 0) is 27.1 Å². The number of hydrogen-bond donors (Lipinski definition) is 0. The zero-order valence-corrected chi connectivity index (χ0v) is 78.5. The van der Waals surface area contributed by atoms with Crippen LogP contribution in [0.25, 0.3) is 66.8 Å². The normalized spacial score (nSPS) is 14.0. The molecule has 648 valence electrons. The van der Waals surface area contributed by atoms with Crippen LogP contribution >= 0.6 is 0 Å². The molecule has 20 aromatic rings. The minimum atomic E-state index is -0.273. The van der Waals surface area contributed by atoms with E-state index in [0.717, 1.165) is 0 Å². The molecule has 135 heavy (non-hydrogen) atoms. The average Bonchev–Trinajstić information content (AvgIpc) is 1.49. The zero-order valence-electron chi connectivity index (χ0n) is 78.5. The van der Waals surface area contributed by atoms with E-state index < -0.39 is 0 Å². The first-order valence-corrected chi connectivity index (χ1v) is 47.8. The Balaban J connectivity index is 0.0000000980. The van der Waals surface area contributed by atoms with Gasteiger partial charge in [0.1, 0.15) is 0 Å². The van der Waals surface area contributed by atoms with Crippen LogP contribution in [0.4, 0.5) is 0 Å². The largest absolute Gasteiger partial charge is 0.0725 e. The van der Waals surface area contributed by atoms with Crippen LogP contribution in [0.3, 0.4) is 0 Å². The average molecular weight is 1730 g/mol. The van der Waals surface area contributed by atoms with Crippen molar-refractivity contribution in [3.8, 4) is 66.8 Å². The fourth-order valence-corrected chi connectivity index (χ4v) is 24.6. The molecule has 0 fully saturated rings. The van der Waals surface area contributed by atoms with Crippen molar-refractivity contribution < 1.29 is 0 Å². The molecule has 0 heterocycles. The van der Waals surface area contributed by atoms with Crippen molar-refractivity contribution in [2.24, 2.45) is 0 Å². The van der Waals surface area contributed by atoms with Crippen LogP contribution in [0.15, 0.2) is 473 Å². The molecule has 0 nitrogen and oxygen atoms in total. The fourth-order valence-electron chi connectivity index (χ4n) is 24.6. The van der Waals surface area contributed by atoms with E-state index in [9.17, 15) is 0 Å². The van der Waals surface area contributed by atoms with E-state index in [4.69, 9.17) is 0 Å². The molecule has 0 atom stereocenters. The maximum Gasteiger partial charge on any atom is 0.0725 e. The molecule has 0 amide bonds. The second-order valence-electron chi connectivity index (χ2n) is 38.0. The van der Waals surface area contributed by atoms with Gasteiger partial charge in [-0.1, -0.05) is 507 Å². The summed E-state index contributed by atoms with van der Waals surface area (Å²) in [5, 5.41) is 0. The summed E-state index contributed by atoms with van der Waals surface area (Å²) in [5.74, 6) is 0. The van der Waals surface area contributed by atoms with E-state index in [2.05, 4.69) is 542 Å². The Kier molecular flexibility index (Phi) is 21.5. The molecule has 26 rings (SSSR count). The topological polar surface area (TPSA) is 0 Å². The van der Waals surface area contributed by atoms with Gasteiger partial charge in [-0.15, -0.1) is 0 Å². The highest BCUT2D eigenvalue weighted by Gasteiger charge is 2.54. The molecule has 0 aliphatic heterocycles. The summed E-state index contributed by atoms with van der Waals surface area (Å²) in [5.41, 5.74) is 55.8. The molecular formula is C135H108. The molecule has 1 spiro atoms. The molecule has 0 saturated heterocycles. The van der Waals surface area contributed by atoms with Gasteiger partial charge >= 0.3 is 0 Å². The van der Waals surface area contributed by atoms with Gasteiger partial charge in [0.25, 0.3) is 0 Å². The van der Waals surface area contributed by atoms with Crippen molar-refractivity contribution in [2.75, 3.05) is 0 Å². The first-order chi connectivity index (χ1) is 66.1. The van der Waals surface area contributed by atoms with E-state index >= 15 is 0 Å². The summed E-state index contributed by atoms with van der Waals surface area (Å²) in [6.07, 6.45) is 0. The van der Waals surface area contributed by atoms with E-state index in [0.29, 0.717) is 0 Å². The maximum atomic E-state index is 2.38. The van der Waals surface area contributed by atoms with Gasteiger partial charge in [-0.25, -0.2) is 0 Å². The lowest BCUT2D eigenvalue weighted by Crippen LogP contribution is -2.29. The highest BCUT2D eigenvalue weighted by atomic mass is 14.6. The first kappa shape index (κ1) is 84.9. The fraction of sp³-hybridized carbons (Fsp3) is 0.111. The Hall–Kier alpha value is -15.6. The lowest BCUT2D eigenvalue weighted by atomic mass is 9.66. The lowest BCUT2D eigenvalue weighted by Gasteiger charge is -2.35. The Bertz CT molecular complexity index is 7600. The van der Waals surface area contributed by atoms with Crippen molar-refractivity contribution in [3.05, 3.63) is 640 Å². The van der Waals surface area contributed by atoms with Crippen molar-refractivity contribution in [1.29, 1.82) is 0 Å². The first-order valence-electron chi connectivity index (χ1n) is 47.8. The summed E-state index contributed by atoms with van der Waals surface area (Å²) < 4.78 is 0. The number of aryl methyl sites for hydroxylation is 10. The SMILES string of the molecule is Cc1ccc(C)c2c1-c1ccccc1C2(c1ccccc1)c1ccccc1.Cc1ccc(C2(c3ccc(C)cc3)c3ccccc3-c3ccccc32)cc1.Cc1ccc(C2(c3cccc(C)c3)c3ccccc3-c3ccccc32)cc1.Cc1ccc2c(c1)-c1ccc(C)cc1C2(c1ccccc1)c1ccccc1.Cc1cccc2c1-c1ccccc1C21c2ccccc2-c2c(C)cccc21. The lowest BCUT2D eigenvalue weighted by molar-refractivity contribution is 0.761. The molecule has 6 aliphatic rings. The molecule has 0 radical (unpaired) electrons. The molecule has 20 aromatic carbocycles. The van der Waals surface area contributed by atoms with Crippen molar-refractivity contribution in [2.45, 2.75) is 96.3 Å². The Morgan fingerprint density at radius 1 is 0.119 bits per heavy atom. The summed E-state index contributed by atoms with van der Waals surface area (Å²) >= 11 is 0. The molecule has 0 bridgehead atoms. The second-order valence-corrected chi connectivity index (χ2v) is 38.0. The van der Waals surface area contributed by atoms with Gasteiger partial charge in [0.05, 0.1) is 27.1 Å². The van der Waals surface area contributed by atoms with Gasteiger partial charge in [0.2, 0.25) is 0 Å². The predicted octanol–water partition coefficient (Wildman–Crippen LogP) is 33.3. The smallest absolute Gasteiger partial charge is 0.0622 e. The van der Waals surface area contributed by atoms with Crippen LogP contribution in [-0.4, -0.2) is 0 Å². The third-order valence-corrected chi connectivity index (χ3v) is 30.2. The summed E-state index contributed by atoms with van der Waals surface area (Å²) in [6, 6.07) is 175. The standard InChI is InChI=1S/C27H20.4C27H22/c1-17-9-7-15-23-25(17)19-11-3-5-13-21(19)27(23)22-14-6-4-12-20(22)26-18(2)10-8-16-24(26)27;1-19-14-16-21(17-15-19)27(22-9-7-8-20(2)18-22)25-12-5-3-10-23(25)24-11-4-6-13-26(24)27;1-19-11-15-21(16-12-19)27(22-17-13-20(2)14-18-22)25-9-5-3-7-23(25)24-8-4-6-10-26(24)27;1-19-17-18-20(2)26-25(19)23-15-9-10-16-24(23)27(26,21-11-5-3-6-12-21)22-13-7-4-8-14-22;1-19-14-16-25-24(17-19)23-15-13-20(2)18-26(23)27(25,21-9-5-3-6-10-21)22-11-7-4-8-12-22/h3-16H,1-2H3;4*3-18H,1-2H3. The van der Waals surface area contributed by atoms with Crippen molar-refractivity contribution in [3.63, 3.8) is 0 Å². The zero-order chi connectivity index (χ0) is 91.9. The highest BCUT2D eigenvalue weighted by molar-refractivity contribution is 5.98. The van der Waals surface area contributed by atoms with Crippen LogP contribution in [0.5, 0.6) is 0 Å². The maximum absolute atomic E-state index is 2.38. The molecule has 0 N–H and O–H groups in total. The molecular weight excluding hydrogens is 1620 g/mol. The van der Waals surface area contributed by atoms with Crippen LogP contribution in [0, 0.1) is 69.2 Å². The number of benzene rings is 20. The summed E-state index contributed by atoms with van der Waals surface area (Å²) in [6.45, 7) is 22.0. The van der Waals surface area contributed by atoms with Crippen LogP contribution in [0.2, 0.25) is 0 Å². The minimum absolute atomic E-state index is 0.199. The quantitative estimate of drug-likeness (QED) is 0.142. The molecule has 0 unspecified atom stereocenters. The summed E-state index contributed by atoms with van der Waals surface area (Å²) in [4.78, 5) is 0. The number of rotatable bonds is 8. The van der Waals surface area contributed by atoms with Crippen molar-refractivity contribution >= 4 is 0 Å². The Labute approximate surface area is 797 Å². The predicted molar refractivity (Wildman–Crippen MR) is 565 cm³/mol. The van der Waals surface area contributed by atoms with Crippen LogP contribution in [0.1, 0.15) is 167 Å². The van der Waals surface area contributed by atoms with Gasteiger partial charge in [-0.2, -0.15) is 0 Å². The third kappa shape index (κ3) is 13.2. The van der Waals surface area contributed by atoms with E-state index in [1.54, 1.807) is 0 Å². The number of fused-ring (bicyclic) bond motifs is 22. The second kappa shape index (κ2) is 34.2. The molecule has 0 aromatic heterocycles. The van der Waals surface area contributed by atoms with E-state index in [-0.39, 0.29) is 27.1 Å². The van der Waals surface area contributed by atoms with E-state index in [1.165, 1.54) is 234 Å². The molecule has 0 saturated carbocycles. The third-order valence-electron chi connectivity index (χ3n) is 30.2. The molecule has 0 heteroatoms. The Morgan fingerprint density at radius 2 is 0.370 bits per heavy atom. The molecule has 6 aliphatic carbocycles. The van der Waals surface area contributed by atoms with Crippen molar-refractivity contribution in [1.82, 2.24) is 0 Å². The van der Waals surface area contributed by atoms with E-state index in [1.807, 2.05) is 0 Å². The summed E-state index contributed by atoms with van der Waals surface area (Å²) in [7, 11) is 0. The highest BCUT2D eigenvalue weighted by Crippen LogP contribution is 2.66. The van der Waals surface area contributed by atoms with Crippen LogP contribution < -0.4 is 0 Å². The number of hydrogen-bond acceptors (Lipinski definition) is 0. The van der Waals surface area contributed by atoms with Gasteiger partial charge in [-0.05, 0) is 270 Å². The van der Waals surface area contributed by atoms with Gasteiger partial charge in [0.15, 0.2) is 0 Å². The monoisotopic (exact) mass is 1730 g/mol. The minimum Gasteiger partial charge on any atom is -0.0622 e. The Morgan fingerprint density at radius 3 is 0.770 bits per heavy atom.